The first-order chi connectivity index (χ1) is 7.91. The fraction of sp³-hybridized carbons (Fsp3) is 1.00. The van der Waals surface area contributed by atoms with Gasteiger partial charge in [0.1, 0.15) is 0 Å². The van der Waals surface area contributed by atoms with Gasteiger partial charge >= 0.3 is 0 Å². The zero-order valence-electron chi connectivity index (χ0n) is 12.7. The monoisotopic (exact) mass is 244 g/mol. The maximum atomic E-state index is 3.67. The minimum atomic E-state index is 0.606. The molecule has 1 unspecified atom stereocenters. The van der Waals surface area contributed by atoms with Crippen LogP contribution in [0.2, 0.25) is 0 Å². The summed E-state index contributed by atoms with van der Waals surface area (Å²) in [4.78, 5) is 6.76. The van der Waals surface area contributed by atoms with Crippen LogP contribution in [-0.4, -0.2) is 89.2 Å². The second-order valence-electron chi connectivity index (χ2n) is 5.66. The highest BCUT2D eigenvalue weighted by Gasteiger charge is 2.09. The molecular weight excluding hydrogens is 212 g/mol. The van der Waals surface area contributed by atoms with Gasteiger partial charge in [-0.05, 0) is 74.8 Å². The molecular formula is C13H32N4. The number of hydrogen-bond acceptors (Lipinski definition) is 4. The Labute approximate surface area is 108 Å². The Morgan fingerprint density at radius 2 is 1.41 bits per heavy atom. The van der Waals surface area contributed by atoms with Crippen LogP contribution in [0.5, 0.6) is 0 Å². The Hall–Kier alpha value is -0.160. The minimum absolute atomic E-state index is 0.606. The molecule has 0 aliphatic rings. The average molecular weight is 244 g/mol. The van der Waals surface area contributed by atoms with Crippen LogP contribution in [0, 0.1) is 0 Å². The molecule has 4 heteroatoms. The van der Waals surface area contributed by atoms with E-state index in [1.54, 1.807) is 0 Å². The zero-order chi connectivity index (χ0) is 13.3. The molecule has 4 nitrogen and oxygen atoms in total. The van der Waals surface area contributed by atoms with Gasteiger partial charge in [-0.3, -0.25) is 0 Å². The van der Waals surface area contributed by atoms with Crippen LogP contribution in [0.25, 0.3) is 0 Å². The quantitative estimate of drug-likeness (QED) is 0.562. The molecule has 104 valence electrons. The molecule has 1 N–H and O–H groups in total. The van der Waals surface area contributed by atoms with Crippen molar-refractivity contribution in [3.63, 3.8) is 0 Å². The van der Waals surface area contributed by atoms with Crippen molar-refractivity contribution < 1.29 is 0 Å². The van der Waals surface area contributed by atoms with Crippen LogP contribution in [0.4, 0.5) is 0 Å². The topological polar surface area (TPSA) is 21.8 Å². The average Bonchev–Trinajstić information content (AvgIpc) is 2.19. The van der Waals surface area contributed by atoms with Gasteiger partial charge in [0.15, 0.2) is 0 Å². The largest absolute Gasteiger partial charge is 0.313 e. The SMILES string of the molecule is CN(C)CCCNC(CCN(C)C)CN(C)C. The van der Waals surface area contributed by atoms with Gasteiger partial charge in [0, 0.05) is 12.6 Å². The van der Waals surface area contributed by atoms with Crippen LogP contribution in [-0.2, 0) is 0 Å². The molecule has 0 aromatic heterocycles. The number of likely N-dealkylation sites (N-methyl/N-ethyl adjacent to an activating group) is 1. The summed E-state index contributed by atoms with van der Waals surface area (Å²) in [5, 5.41) is 3.67. The Morgan fingerprint density at radius 1 is 0.824 bits per heavy atom. The Kier molecular flexibility index (Phi) is 9.74. The second kappa shape index (κ2) is 9.83. The van der Waals surface area contributed by atoms with Gasteiger partial charge in [-0.15, -0.1) is 0 Å². The van der Waals surface area contributed by atoms with Crippen LogP contribution in [0.15, 0.2) is 0 Å². The van der Waals surface area contributed by atoms with E-state index in [-0.39, 0.29) is 0 Å². The summed E-state index contributed by atoms with van der Waals surface area (Å²) in [6, 6.07) is 0.606. The lowest BCUT2D eigenvalue weighted by molar-refractivity contribution is 0.291. The molecule has 0 aromatic carbocycles. The third-order valence-electron chi connectivity index (χ3n) is 2.73. The van der Waals surface area contributed by atoms with Crippen molar-refractivity contribution >= 4 is 0 Å². The molecule has 0 bridgehead atoms. The summed E-state index contributed by atoms with van der Waals surface area (Å²) < 4.78 is 0. The smallest absolute Gasteiger partial charge is 0.0206 e. The van der Waals surface area contributed by atoms with E-state index in [0.29, 0.717) is 6.04 Å². The first-order valence-electron chi connectivity index (χ1n) is 6.59. The van der Waals surface area contributed by atoms with Crippen LogP contribution < -0.4 is 5.32 Å². The third kappa shape index (κ3) is 12.1. The van der Waals surface area contributed by atoms with E-state index >= 15 is 0 Å². The van der Waals surface area contributed by atoms with E-state index in [4.69, 9.17) is 0 Å². The summed E-state index contributed by atoms with van der Waals surface area (Å²) >= 11 is 0. The van der Waals surface area contributed by atoms with Crippen molar-refractivity contribution in [1.29, 1.82) is 0 Å². The summed E-state index contributed by atoms with van der Waals surface area (Å²) in [5.74, 6) is 0. The molecule has 0 amide bonds. The molecule has 0 aromatic rings. The van der Waals surface area contributed by atoms with Gasteiger partial charge in [-0.25, -0.2) is 0 Å². The van der Waals surface area contributed by atoms with E-state index in [1.807, 2.05) is 0 Å². The molecule has 0 aliphatic heterocycles. The highest BCUT2D eigenvalue weighted by Crippen LogP contribution is 1.96. The van der Waals surface area contributed by atoms with Crippen LogP contribution in [0.3, 0.4) is 0 Å². The fourth-order valence-corrected chi connectivity index (χ4v) is 1.81. The summed E-state index contributed by atoms with van der Waals surface area (Å²) in [6.45, 7) is 4.55. The molecule has 0 radical (unpaired) electrons. The maximum absolute atomic E-state index is 3.67. The Balaban J connectivity index is 3.76. The molecule has 0 saturated heterocycles. The molecule has 17 heavy (non-hydrogen) atoms. The molecule has 0 rings (SSSR count). The molecule has 0 spiro atoms. The van der Waals surface area contributed by atoms with Crippen LogP contribution >= 0.6 is 0 Å². The second-order valence-corrected chi connectivity index (χ2v) is 5.66. The standard InChI is InChI=1S/C13H32N4/c1-15(2)10-7-9-14-13(12-17(5)6)8-11-16(3)4/h13-14H,7-12H2,1-6H3. The zero-order valence-corrected chi connectivity index (χ0v) is 12.7. The lowest BCUT2D eigenvalue weighted by atomic mass is 10.2. The third-order valence-corrected chi connectivity index (χ3v) is 2.73. The van der Waals surface area contributed by atoms with Gasteiger partial charge in [-0.2, -0.15) is 0 Å². The molecule has 0 fully saturated rings. The maximum Gasteiger partial charge on any atom is 0.0206 e. The number of hydrogen-bond donors (Lipinski definition) is 1. The van der Waals surface area contributed by atoms with Gasteiger partial charge in [-0.1, -0.05) is 0 Å². The number of nitrogens with zero attached hydrogens (tertiary/aromatic N) is 3. The predicted octanol–water partition coefficient (Wildman–Crippen LogP) is 0.410. The van der Waals surface area contributed by atoms with Crippen molar-refractivity contribution in [3.05, 3.63) is 0 Å². The fourth-order valence-electron chi connectivity index (χ4n) is 1.81. The van der Waals surface area contributed by atoms with Gasteiger partial charge in [0.2, 0.25) is 0 Å². The van der Waals surface area contributed by atoms with Gasteiger partial charge in [0.05, 0.1) is 0 Å². The van der Waals surface area contributed by atoms with Crippen molar-refractivity contribution in [2.45, 2.75) is 18.9 Å². The Morgan fingerprint density at radius 3 is 1.88 bits per heavy atom. The highest BCUT2D eigenvalue weighted by molar-refractivity contribution is 4.71. The predicted molar refractivity (Wildman–Crippen MR) is 76.7 cm³/mol. The lowest BCUT2D eigenvalue weighted by Gasteiger charge is -2.24. The summed E-state index contributed by atoms with van der Waals surface area (Å²) in [5.41, 5.74) is 0. The normalized spacial score (nSPS) is 13.9. The first kappa shape index (κ1) is 16.8. The first-order valence-corrected chi connectivity index (χ1v) is 6.59. The van der Waals surface area contributed by atoms with E-state index in [9.17, 15) is 0 Å². The van der Waals surface area contributed by atoms with Crippen molar-refractivity contribution in [1.82, 2.24) is 20.0 Å². The van der Waals surface area contributed by atoms with E-state index in [0.717, 1.165) is 26.2 Å². The van der Waals surface area contributed by atoms with Gasteiger partial charge < -0.3 is 20.0 Å². The van der Waals surface area contributed by atoms with Crippen LogP contribution in [0.1, 0.15) is 12.8 Å². The molecule has 1 atom stereocenters. The minimum Gasteiger partial charge on any atom is -0.313 e. The van der Waals surface area contributed by atoms with E-state index < -0.39 is 0 Å². The lowest BCUT2D eigenvalue weighted by Crippen LogP contribution is -2.41. The van der Waals surface area contributed by atoms with E-state index in [1.165, 1.54) is 12.8 Å². The van der Waals surface area contributed by atoms with Crippen molar-refractivity contribution in [2.24, 2.45) is 0 Å². The number of rotatable bonds is 10. The molecule has 0 aliphatic carbocycles. The van der Waals surface area contributed by atoms with Gasteiger partial charge in [0.25, 0.3) is 0 Å². The Bertz CT molecular complexity index is 169. The summed E-state index contributed by atoms with van der Waals surface area (Å²) in [7, 11) is 12.8. The summed E-state index contributed by atoms with van der Waals surface area (Å²) in [6.07, 6.45) is 2.44. The highest BCUT2D eigenvalue weighted by atomic mass is 15.1. The molecule has 0 saturated carbocycles. The molecule has 0 heterocycles. The van der Waals surface area contributed by atoms with Crippen molar-refractivity contribution in [3.8, 4) is 0 Å². The van der Waals surface area contributed by atoms with Crippen molar-refractivity contribution in [2.75, 3.05) is 68.5 Å². The number of nitrogens with one attached hydrogen (secondary N) is 1. The van der Waals surface area contributed by atoms with E-state index in [2.05, 4.69) is 62.3 Å².